The molecule has 0 spiro atoms. The SMILES string of the molecule is CC/C=C\C/C=C\C/C=C\C/C=C\C/C=C\C/C=C\CCCCC(=O)OCC(COC(=O)CCCCCCC/C=C\C/C=C\CCC)OC(=O)CCCCCCCCCCCCCCCCCCCCCC. The number of carbonyl (C=O) groups is 3. The summed E-state index contributed by atoms with van der Waals surface area (Å²) in [5.74, 6) is -0.947. The zero-order chi connectivity index (χ0) is 52.2. The summed E-state index contributed by atoms with van der Waals surface area (Å²) in [6, 6.07) is 0. The maximum atomic E-state index is 12.9. The highest BCUT2D eigenvalue weighted by Gasteiger charge is 2.19. The second-order valence-corrected chi connectivity index (χ2v) is 19.9. The van der Waals surface area contributed by atoms with Gasteiger partial charge in [-0.05, 0) is 96.3 Å². The maximum Gasteiger partial charge on any atom is 0.306 e. The van der Waals surface area contributed by atoms with Crippen LogP contribution in [0, 0.1) is 0 Å². The number of hydrogen-bond acceptors (Lipinski definition) is 6. The molecule has 0 N–H and O–H groups in total. The van der Waals surface area contributed by atoms with Crippen molar-refractivity contribution < 1.29 is 28.6 Å². The summed E-state index contributed by atoms with van der Waals surface area (Å²) >= 11 is 0. The van der Waals surface area contributed by atoms with E-state index in [0.29, 0.717) is 19.3 Å². The molecular weight excluding hydrogens is 889 g/mol. The number of esters is 3. The van der Waals surface area contributed by atoms with E-state index in [-0.39, 0.29) is 31.1 Å². The Bertz CT molecular complexity index is 1430. The Morgan fingerprint density at radius 1 is 0.292 bits per heavy atom. The van der Waals surface area contributed by atoms with Crippen LogP contribution in [-0.2, 0) is 28.6 Å². The topological polar surface area (TPSA) is 78.9 Å². The molecule has 6 nitrogen and oxygen atoms in total. The van der Waals surface area contributed by atoms with E-state index in [1.54, 1.807) is 0 Å². The zero-order valence-corrected chi connectivity index (χ0v) is 47.2. The lowest BCUT2D eigenvalue weighted by Gasteiger charge is -2.18. The van der Waals surface area contributed by atoms with Gasteiger partial charge in [-0.1, -0.05) is 266 Å². The summed E-state index contributed by atoms with van der Waals surface area (Å²) < 4.78 is 16.8. The number of allylic oxidation sites excluding steroid dienone is 16. The second-order valence-electron chi connectivity index (χ2n) is 19.9. The van der Waals surface area contributed by atoms with Crippen LogP contribution in [0.25, 0.3) is 0 Å². The lowest BCUT2D eigenvalue weighted by molar-refractivity contribution is -0.167. The van der Waals surface area contributed by atoms with Gasteiger partial charge >= 0.3 is 17.9 Å². The van der Waals surface area contributed by atoms with Gasteiger partial charge < -0.3 is 14.2 Å². The van der Waals surface area contributed by atoms with Crippen molar-refractivity contribution in [1.82, 2.24) is 0 Å². The Hall–Kier alpha value is -3.67. The monoisotopic (exact) mass is 1000 g/mol. The lowest BCUT2D eigenvalue weighted by Crippen LogP contribution is -2.30. The van der Waals surface area contributed by atoms with Gasteiger partial charge in [0.25, 0.3) is 0 Å². The number of rotatable bonds is 54. The molecular formula is C66H112O6. The molecule has 0 aliphatic heterocycles. The number of hydrogen-bond donors (Lipinski definition) is 0. The van der Waals surface area contributed by atoms with Crippen LogP contribution < -0.4 is 0 Å². The quantitative estimate of drug-likeness (QED) is 0.0261. The van der Waals surface area contributed by atoms with Gasteiger partial charge in [0.15, 0.2) is 6.10 Å². The molecule has 0 saturated heterocycles. The Labute approximate surface area is 445 Å². The van der Waals surface area contributed by atoms with Crippen molar-refractivity contribution in [3.05, 3.63) is 97.2 Å². The fourth-order valence-electron chi connectivity index (χ4n) is 8.31. The maximum absolute atomic E-state index is 12.9. The normalized spacial score (nSPS) is 12.8. The van der Waals surface area contributed by atoms with Crippen LogP contribution in [0.15, 0.2) is 97.2 Å². The summed E-state index contributed by atoms with van der Waals surface area (Å²) in [7, 11) is 0. The van der Waals surface area contributed by atoms with Crippen LogP contribution in [0.2, 0.25) is 0 Å². The molecule has 0 radical (unpaired) electrons. The third-order valence-corrected chi connectivity index (χ3v) is 12.8. The fraction of sp³-hybridized carbons (Fsp3) is 0.712. The van der Waals surface area contributed by atoms with Crippen LogP contribution in [0.3, 0.4) is 0 Å². The molecule has 1 atom stereocenters. The predicted octanol–water partition coefficient (Wildman–Crippen LogP) is 20.5. The average Bonchev–Trinajstić information content (AvgIpc) is 3.38. The highest BCUT2D eigenvalue weighted by atomic mass is 16.6. The molecule has 412 valence electrons. The number of ether oxygens (including phenoxy) is 3. The van der Waals surface area contributed by atoms with Crippen LogP contribution in [0.5, 0.6) is 0 Å². The molecule has 0 aromatic carbocycles. The highest BCUT2D eigenvalue weighted by molar-refractivity contribution is 5.71. The van der Waals surface area contributed by atoms with Gasteiger partial charge in [0, 0.05) is 19.3 Å². The number of unbranched alkanes of at least 4 members (excludes halogenated alkanes) is 27. The molecule has 6 heteroatoms. The summed E-state index contributed by atoms with van der Waals surface area (Å²) in [6.07, 6.45) is 79.8. The lowest BCUT2D eigenvalue weighted by atomic mass is 10.0. The minimum absolute atomic E-state index is 0.0975. The van der Waals surface area contributed by atoms with Crippen molar-refractivity contribution >= 4 is 17.9 Å². The molecule has 0 bridgehead atoms. The molecule has 0 aliphatic rings. The van der Waals surface area contributed by atoms with Crippen molar-refractivity contribution in [2.75, 3.05) is 13.2 Å². The first-order valence-corrected chi connectivity index (χ1v) is 30.2. The van der Waals surface area contributed by atoms with Crippen molar-refractivity contribution in [2.45, 2.75) is 290 Å². The molecule has 0 amide bonds. The second kappa shape index (κ2) is 59.9. The minimum atomic E-state index is -0.801. The van der Waals surface area contributed by atoms with Crippen molar-refractivity contribution in [3.8, 4) is 0 Å². The summed E-state index contributed by atoms with van der Waals surface area (Å²) in [5.41, 5.74) is 0. The van der Waals surface area contributed by atoms with Crippen molar-refractivity contribution in [1.29, 1.82) is 0 Å². The average molecular weight is 1000 g/mol. The van der Waals surface area contributed by atoms with Gasteiger partial charge in [-0.2, -0.15) is 0 Å². The molecule has 0 aromatic heterocycles. The molecule has 0 heterocycles. The van der Waals surface area contributed by atoms with Crippen molar-refractivity contribution in [2.24, 2.45) is 0 Å². The standard InChI is InChI=1S/C66H112O6/c1-4-7-10-13-16-19-22-25-27-29-31-33-35-36-38-41-44-47-50-53-56-59-65(68)71-62-63(61-70-64(67)58-55-52-49-46-43-40-24-21-18-15-12-9-6-3)72-66(69)60-57-54-51-48-45-42-39-37-34-32-30-28-26-23-20-17-14-11-8-5-2/h7,10,12,15-16,19,21,24-25,27,31,33,36,38,44,47,63H,4-6,8-9,11,13-14,17-18,20,22-23,26,28-30,32,34-35,37,39-43,45-46,48-62H2,1-3H3/b10-7-,15-12-,19-16-,24-21-,27-25-,33-31-,38-36-,47-44-. The first-order valence-electron chi connectivity index (χ1n) is 30.2. The molecule has 0 aromatic rings. The van der Waals surface area contributed by atoms with Crippen LogP contribution in [-0.4, -0.2) is 37.2 Å². The molecule has 0 aliphatic carbocycles. The van der Waals surface area contributed by atoms with E-state index in [0.717, 1.165) is 128 Å². The van der Waals surface area contributed by atoms with E-state index in [2.05, 4.69) is 118 Å². The minimum Gasteiger partial charge on any atom is -0.462 e. The smallest absolute Gasteiger partial charge is 0.306 e. The fourth-order valence-corrected chi connectivity index (χ4v) is 8.31. The van der Waals surface area contributed by atoms with E-state index in [1.807, 2.05) is 0 Å². The van der Waals surface area contributed by atoms with Crippen LogP contribution in [0.4, 0.5) is 0 Å². The van der Waals surface area contributed by atoms with E-state index >= 15 is 0 Å². The number of carbonyl (C=O) groups excluding carboxylic acids is 3. The first-order chi connectivity index (χ1) is 35.5. The molecule has 0 rings (SSSR count). The van der Waals surface area contributed by atoms with Gasteiger partial charge in [-0.15, -0.1) is 0 Å². The zero-order valence-electron chi connectivity index (χ0n) is 47.2. The van der Waals surface area contributed by atoms with E-state index in [1.165, 1.54) is 116 Å². The third-order valence-electron chi connectivity index (χ3n) is 12.8. The Morgan fingerprint density at radius 2 is 0.569 bits per heavy atom. The van der Waals surface area contributed by atoms with E-state index < -0.39 is 6.10 Å². The van der Waals surface area contributed by atoms with Gasteiger partial charge in [0.1, 0.15) is 13.2 Å². The Balaban J connectivity index is 4.43. The molecule has 72 heavy (non-hydrogen) atoms. The predicted molar refractivity (Wildman–Crippen MR) is 311 cm³/mol. The van der Waals surface area contributed by atoms with E-state index in [4.69, 9.17) is 14.2 Å². The summed E-state index contributed by atoms with van der Waals surface area (Å²) in [5, 5.41) is 0. The largest absolute Gasteiger partial charge is 0.462 e. The van der Waals surface area contributed by atoms with Crippen LogP contribution >= 0.6 is 0 Å². The third kappa shape index (κ3) is 57.2. The Morgan fingerprint density at radius 3 is 0.931 bits per heavy atom. The van der Waals surface area contributed by atoms with Gasteiger partial charge in [0.2, 0.25) is 0 Å². The van der Waals surface area contributed by atoms with Gasteiger partial charge in [-0.25, -0.2) is 0 Å². The van der Waals surface area contributed by atoms with E-state index in [9.17, 15) is 14.4 Å². The highest BCUT2D eigenvalue weighted by Crippen LogP contribution is 2.16. The molecule has 0 fully saturated rings. The molecule has 1 unspecified atom stereocenters. The van der Waals surface area contributed by atoms with Gasteiger partial charge in [0.05, 0.1) is 0 Å². The first kappa shape index (κ1) is 68.3. The van der Waals surface area contributed by atoms with Crippen LogP contribution in [0.1, 0.15) is 284 Å². The summed E-state index contributed by atoms with van der Waals surface area (Å²) in [4.78, 5) is 38.2. The van der Waals surface area contributed by atoms with Crippen molar-refractivity contribution in [3.63, 3.8) is 0 Å². The Kier molecular flexibility index (Phi) is 56.8. The molecule has 0 saturated carbocycles. The summed E-state index contributed by atoms with van der Waals surface area (Å²) in [6.45, 7) is 6.44. The van der Waals surface area contributed by atoms with Gasteiger partial charge in [-0.3, -0.25) is 14.4 Å².